The van der Waals surface area contributed by atoms with Crippen molar-refractivity contribution in [2.75, 3.05) is 13.1 Å². The largest absolute Gasteiger partial charge is 0.444 e. The number of nitrogens with two attached hydrogens (primary N) is 1. The van der Waals surface area contributed by atoms with E-state index in [4.69, 9.17) is 15.7 Å². The number of rotatable bonds is 2. The van der Waals surface area contributed by atoms with E-state index < -0.39 is 17.2 Å². The van der Waals surface area contributed by atoms with E-state index in [2.05, 4.69) is 0 Å². The number of nitrogens with zero attached hydrogens (tertiary/aromatic N) is 2. The van der Waals surface area contributed by atoms with E-state index in [-0.39, 0.29) is 25.3 Å². The Labute approximate surface area is 100 Å². The molecule has 1 amide bonds. The average molecular weight is 239 g/mol. The summed E-state index contributed by atoms with van der Waals surface area (Å²) in [6.07, 6.45) is -0.506. The van der Waals surface area contributed by atoms with Crippen molar-refractivity contribution in [3.63, 3.8) is 0 Å². The third kappa shape index (κ3) is 2.39. The van der Waals surface area contributed by atoms with Crippen LogP contribution in [0.15, 0.2) is 0 Å². The van der Waals surface area contributed by atoms with Crippen LogP contribution in [-0.2, 0) is 9.53 Å². The number of hydrogen-bond acceptors (Lipinski definition) is 5. The fraction of sp³-hybridized carbons (Fsp3) is 0.727. The first kappa shape index (κ1) is 13.5. The van der Waals surface area contributed by atoms with Crippen molar-refractivity contribution in [2.24, 2.45) is 5.73 Å². The van der Waals surface area contributed by atoms with Gasteiger partial charge in [-0.3, -0.25) is 9.69 Å². The normalized spacial score (nSPS) is 23.9. The van der Waals surface area contributed by atoms with Gasteiger partial charge in [0.1, 0.15) is 5.60 Å². The quantitative estimate of drug-likeness (QED) is 0.753. The molecule has 6 nitrogen and oxygen atoms in total. The molecule has 1 aliphatic rings. The molecule has 1 unspecified atom stereocenters. The molecule has 1 fully saturated rings. The average Bonchev–Trinajstić information content (AvgIpc) is 2.19. The Bertz CT molecular complexity index is 380. The van der Waals surface area contributed by atoms with Gasteiger partial charge in [0.25, 0.3) is 0 Å². The Morgan fingerprint density at radius 3 is 2.59 bits per heavy atom. The molecule has 0 aromatic carbocycles. The summed E-state index contributed by atoms with van der Waals surface area (Å²) >= 11 is 0. The van der Waals surface area contributed by atoms with Crippen molar-refractivity contribution in [3.8, 4) is 6.07 Å². The fourth-order valence-corrected chi connectivity index (χ4v) is 1.67. The van der Waals surface area contributed by atoms with E-state index in [1.54, 1.807) is 20.8 Å². The summed E-state index contributed by atoms with van der Waals surface area (Å²) in [4.78, 5) is 24.5. The van der Waals surface area contributed by atoms with E-state index in [0.717, 1.165) is 4.90 Å². The number of Topliss-reactive ketones (excluding diaryl/α,β-unsaturated/α-hetero) is 1. The van der Waals surface area contributed by atoms with Gasteiger partial charge in [0.05, 0.1) is 12.6 Å². The molecule has 0 radical (unpaired) electrons. The maximum Gasteiger partial charge on any atom is 0.412 e. The number of carbonyl (C=O) groups is 2. The van der Waals surface area contributed by atoms with E-state index in [1.807, 2.05) is 6.07 Å². The number of nitriles is 1. The van der Waals surface area contributed by atoms with E-state index >= 15 is 0 Å². The van der Waals surface area contributed by atoms with Crippen LogP contribution in [0.25, 0.3) is 0 Å². The van der Waals surface area contributed by atoms with Crippen molar-refractivity contribution in [2.45, 2.75) is 38.3 Å². The lowest BCUT2D eigenvalue weighted by atomic mass is 9.82. The fourth-order valence-electron chi connectivity index (χ4n) is 1.67. The van der Waals surface area contributed by atoms with Gasteiger partial charge >= 0.3 is 6.09 Å². The smallest absolute Gasteiger partial charge is 0.412 e. The van der Waals surface area contributed by atoms with Crippen LogP contribution in [0.1, 0.15) is 27.2 Å². The summed E-state index contributed by atoms with van der Waals surface area (Å²) in [5.74, 6) is -0.281. The minimum atomic E-state index is -1.42. The molecule has 0 aliphatic carbocycles. The van der Waals surface area contributed by atoms with Crippen molar-refractivity contribution in [1.82, 2.24) is 4.90 Å². The molecule has 1 rings (SSSR count). The van der Waals surface area contributed by atoms with Crippen LogP contribution in [0.5, 0.6) is 0 Å². The summed E-state index contributed by atoms with van der Waals surface area (Å²) in [6.45, 7) is 5.26. The Hall–Kier alpha value is -1.61. The van der Waals surface area contributed by atoms with Crippen molar-refractivity contribution < 1.29 is 14.3 Å². The van der Waals surface area contributed by atoms with Gasteiger partial charge in [-0.1, -0.05) is 0 Å². The molecule has 0 aromatic heterocycles. The van der Waals surface area contributed by atoms with Crippen molar-refractivity contribution in [3.05, 3.63) is 0 Å². The first-order chi connectivity index (χ1) is 7.77. The maximum absolute atomic E-state index is 11.8. The van der Waals surface area contributed by atoms with Gasteiger partial charge in [0, 0.05) is 6.42 Å². The highest BCUT2D eigenvalue weighted by molar-refractivity contribution is 6.04. The minimum Gasteiger partial charge on any atom is -0.444 e. The number of hydrogen-bond donors (Lipinski definition) is 1. The standard InChI is InChI=1S/C11H17N3O3/c1-10(2,3)17-9(16)14-6-8(15)11(14,7-13)4-5-12/h4-6,12H2,1-3H3. The van der Waals surface area contributed by atoms with Crippen LogP contribution in [0.2, 0.25) is 0 Å². The van der Waals surface area contributed by atoms with Gasteiger partial charge < -0.3 is 10.5 Å². The van der Waals surface area contributed by atoms with Gasteiger partial charge in [-0.15, -0.1) is 0 Å². The highest BCUT2D eigenvalue weighted by atomic mass is 16.6. The van der Waals surface area contributed by atoms with Gasteiger partial charge in [0.15, 0.2) is 11.3 Å². The lowest BCUT2D eigenvalue weighted by molar-refractivity contribution is -0.142. The predicted octanol–water partition coefficient (Wildman–Crippen LogP) is 0.417. The number of likely N-dealkylation sites (tertiary alicyclic amines) is 1. The number of amides is 1. The molecule has 0 spiro atoms. The van der Waals surface area contributed by atoms with Gasteiger partial charge in [-0.05, 0) is 27.3 Å². The molecule has 94 valence electrons. The van der Waals surface area contributed by atoms with E-state index in [0.29, 0.717) is 0 Å². The molecule has 1 aliphatic heterocycles. The third-order valence-corrected chi connectivity index (χ3v) is 2.53. The van der Waals surface area contributed by atoms with Crippen molar-refractivity contribution in [1.29, 1.82) is 5.26 Å². The van der Waals surface area contributed by atoms with Crippen LogP contribution in [0.3, 0.4) is 0 Å². The molecular weight excluding hydrogens is 222 g/mol. The molecular formula is C11H17N3O3. The monoisotopic (exact) mass is 239 g/mol. The highest BCUT2D eigenvalue weighted by Gasteiger charge is 2.56. The van der Waals surface area contributed by atoms with Crippen molar-refractivity contribution >= 4 is 11.9 Å². The zero-order valence-electron chi connectivity index (χ0n) is 10.3. The van der Waals surface area contributed by atoms with Gasteiger partial charge in [-0.25, -0.2) is 4.79 Å². The van der Waals surface area contributed by atoms with Crippen LogP contribution in [0, 0.1) is 11.3 Å². The van der Waals surface area contributed by atoms with Gasteiger partial charge in [-0.2, -0.15) is 5.26 Å². The molecule has 17 heavy (non-hydrogen) atoms. The maximum atomic E-state index is 11.8. The topological polar surface area (TPSA) is 96.4 Å². The Morgan fingerprint density at radius 1 is 1.65 bits per heavy atom. The summed E-state index contributed by atoms with van der Waals surface area (Å²) < 4.78 is 5.14. The Kier molecular flexibility index (Phi) is 3.43. The lowest BCUT2D eigenvalue weighted by Crippen LogP contribution is -2.70. The van der Waals surface area contributed by atoms with Crippen LogP contribution >= 0.6 is 0 Å². The Balaban J connectivity index is 2.83. The number of carbonyl (C=O) groups excluding carboxylic acids is 2. The first-order valence-corrected chi connectivity index (χ1v) is 5.42. The summed E-state index contributed by atoms with van der Waals surface area (Å²) in [7, 11) is 0. The molecule has 2 N–H and O–H groups in total. The van der Waals surface area contributed by atoms with Crippen LogP contribution < -0.4 is 5.73 Å². The molecule has 0 saturated carbocycles. The third-order valence-electron chi connectivity index (χ3n) is 2.53. The minimum absolute atomic E-state index is 0.0809. The zero-order valence-corrected chi connectivity index (χ0v) is 10.3. The second-order valence-electron chi connectivity index (χ2n) is 5.00. The lowest BCUT2D eigenvalue weighted by Gasteiger charge is -2.45. The summed E-state index contributed by atoms with van der Waals surface area (Å²) in [5.41, 5.74) is 3.30. The zero-order chi connectivity index (χ0) is 13.3. The van der Waals surface area contributed by atoms with E-state index in [9.17, 15) is 9.59 Å². The number of ether oxygens (including phenoxy) is 1. The highest BCUT2D eigenvalue weighted by Crippen LogP contribution is 2.31. The molecule has 0 aromatic rings. The molecule has 1 saturated heterocycles. The Morgan fingerprint density at radius 2 is 2.24 bits per heavy atom. The molecule has 6 heteroatoms. The number of ketones is 1. The molecule has 1 heterocycles. The summed E-state index contributed by atoms with van der Waals surface area (Å²) in [5, 5.41) is 9.08. The van der Waals surface area contributed by atoms with Crippen LogP contribution in [-0.4, -0.2) is 41.0 Å². The molecule has 0 bridgehead atoms. The summed E-state index contributed by atoms with van der Waals surface area (Å²) in [6, 6.07) is 1.88. The van der Waals surface area contributed by atoms with Crippen LogP contribution in [0.4, 0.5) is 4.79 Å². The molecule has 1 atom stereocenters. The van der Waals surface area contributed by atoms with E-state index in [1.165, 1.54) is 0 Å². The van der Waals surface area contributed by atoms with Gasteiger partial charge in [0.2, 0.25) is 0 Å². The second-order valence-corrected chi connectivity index (χ2v) is 5.00. The SMILES string of the molecule is CC(C)(C)OC(=O)N1CC(=O)C1(C#N)CCN. The first-order valence-electron chi connectivity index (χ1n) is 5.42. The predicted molar refractivity (Wildman–Crippen MR) is 60.0 cm³/mol. The second kappa shape index (κ2) is 4.34.